The van der Waals surface area contributed by atoms with Crippen LogP contribution in [0.25, 0.3) is 0 Å². The lowest BCUT2D eigenvalue weighted by Crippen LogP contribution is -2.56. The minimum Gasteiger partial charge on any atom is -0.399 e. The average molecular weight is 221 g/mol. The summed E-state index contributed by atoms with van der Waals surface area (Å²) in [5.41, 5.74) is -0.0188. The van der Waals surface area contributed by atoms with Crippen LogP contribution < -0.4 is 0 Å². The van der Waals surface area contributed by atoms with Crippen molar-refractivity contribution >= 4 is 5.71 Å². The lowest BCUT2D eigenvalue weighted by atomic mass is 10.0. The van der Waals surface area contributed by atoms with E-state index >= 15 is 0 Å². The normalized spacial score (nSPS) is 39.4. The molecule has 0 aromatic rings. The molecule has 7 heteroatoms. The minimum atomic E-state index is -1.22. The molecule has 0 radical (unpaired) electrons. The van der Waals surface area contributed by atoms with E-state index in [1.807, 2.05) is 0 Å². The molecule has 1 aliphatic heterocycles. The molecule has 1 heterocycles. The van der Waals surface area contributed by atoms with Gasteiger partial charge >= 0.3 is 0 Å². The van der Waals surface area contributed by atoms with Crippen LogP contribution >= 0.6 is 0 Å². The fraction of sp³-hybridized carbons (Fsp3) is 0.875. The van der Waals surface area contributed by atoms with Crippen molar-refractivity contribution in [2.24, 2.45) is 5.16 Å². The Labute approximate surface area is 86.9 Å². The molecule has 3 N–H and O–H groups in total. The maximum absolute atomic E-state index is 9.64. The molecule has 0 aliphatic carbocycles. The van der Waals surface area contributed by atoms with Crippen molar-refractivity contribution in [3.63, 3.8) is 0 Å². The fourth-order valence-electron chi connectivity index (χ4n) is 1.37. The quantitative estimate of drug-likeness (QED) is 0.480. The number of aliphatic hydroxyl groups excluding tert-OH is 3. The molecular weight excluding hydrogens is 206 g/mol. The van der Waals surface area contributed by atoms with Crippen molar-refractivity contribution in [3.05, 3.63) is 0 Å². The summed E-state index contributed by atoms with van der Waals surface area (Å²) in [6.45, 7) is -0.406. The Kier molecular flexibility index (Phi) is 4.43. The topological polar surface area (TPSA) is 101 Å². The number of hydrogen-bond donors (Lipinski definition) is 3. The van der Waals surface area contributed by atoms with Crippen molar-refractivity contribution in [1.82, 2.24) is 0 Å². The van der Waals surface area contributed by atoms with Crippen molar-refractivity contribution in [2.75, 3.05) is 20.8 Å². The zero-order chi connectivity index (χ0) is 11.4. The van der Waals surface area contributed by atoms with Gasteiger partial charge in [-0.15, -0.1) is 0 Å². The first kappa shape index (κ1) is 12.3. The molecule has 0 bridgehead atoms. The lowest BCUT2D eigenvalue weighted by molar-refractivity contribution is -0.224. The van der Waals surface area contributed by atoms with E-state index in [2.05, 4.69) is 9.99 Å². The largest absolute Gasteiger partial charge is 0.399 e. The molecule has 2 unspecified atom stereocenters. The Balaban J connectivity index is 2.86. The van der Waals surface area contributed by atoms with Crippen LogP contribution in [0.4, 0.5) is 0 Å². The highest BCUT2D eigenvalue weighted by Crippen LogP contribution is 2.19. The van der Waals surface area contributed by atoms with Gasteiger partial charge in [0.2, 0.25) is 0 Å². The first-order chi connectivity index (χ1) is 7.15. The number of aliphatic hydroxyl groups is 3. The number of methoxy groups -OCH3 is 1. The summed E-state index contributed by atoms with van der Waals surface area (Å²) in [7, 11) is 2.63. The predicted molar refractivity (Wildman–Crippen MR) is 49.2 cm³/mol. The summed E-state index contributed by atoms with van der Waals surface area (Å²) in [6.07, 6.45) is -4.28. The molecule has 7 nitrogen and oxygen atoms in total. The van der Waals surface area contributed by atoms with Crippen LogP contribution in [0.3, 0.4) is 0 Å². The van der Waals surface area contributed by atoms with Gasteiger partial charge in [-0.1, -0.05) is 5.16 Å². The first-order valence-corrected chi connectivity index (χ1v) is 4.41. The Hall–Kier alpha value is -0.730. The van der Waals surface area contributed by atoms with Gasteiger partial charge in [0.1, 0.15) is 31.1 Å². The summed E-state index contributed by atoms with van der Waals surface area (Å²) in [5.74, 6) is 0. The summed E-state index contributed by atoms with van der Waals surface area (Å²) in [5, 5.41) is 31.7. The van der Waals surface area contributed by atoms with E-state index in [1.165, 1.54) is 14.2 Å². The smallest absolute Gasteiger partial charge is 0.189 e. The maximum atomic E-state index is 9.64. The van der Waals surface area contributed by atoms with Crippen LogP contribution in [0.2, 0.25) is 0 Å². The Morgan fingerprint density at radius 1 is 1.33 bits per heavy atom. The Bertz CT molecular complexity index is 215. The van der Waals surface area contributed by atoms with E-state index in [9.17, 15) is 10.2 Å². The number of hydrogen-bond acceptors (Lipinski definition) is 7. The molecule has 4 atom stereocenters. The summed E-state index contributed by atoms with van der Waals surface area (Å²) >= 11 is 0. The van der Waals surface area contributed by atoms with Crippen molar-refractivity contribution in [1.29, 1.82) is 0 Å². The first-order valence-electron chi connectivity index (χ1n) is 4.41. The van der Waals surface area contributed by atoms with Crippen LogP contribution in [-0.4, -0.2) is 66.5 Å². The molecular formula is C8H15NO6. The van der Waals surface area contributed by atoms with E-state index in [-0.39, 0.29) is 5.71 Å². The third kappa shape index (κ3) is 2.44. The fourth-order valence-corrected chi connectivity index (χ4v) is 1.37. The highest BCUT2D eigenvalue weighted by Gasteiger charge is 2.42. The van der Waals surface area contributed by atoms with Gasteiger partial charge in [0.05, 0.1) is 6.61 Å². The average Bonchev–Trinajstić information content (AvgIpc) is 2.25. The van der Waals surface area contributed by atoms with Crippen molar-refractivity contribution in [3.8, 4) is 0 Å². The van der Waals surface area contributed by atoms with E-state index in [0.29, 0.717) is 0 Å². The Morgan fingerprint density at radius 3 is 2.47 bits per heavy atom. The summed E-state index contributed by atoms with van der Waals surface area (Å²) < 4.78 is 9.91. The van der Waals surface area contributed by atoms with Crippen LogP contribution in [0.15, 0.2) is 5.16 Å². The van der Waals surface area contributed by atoms with Gasteiger partial charge in [0.15, 0.2) is 6.29 Å². The number of ether oxygens (including phenoxy) is 2. The predicted octanol–water partition coefficient (Wildman–Crippen LogP) is -1.93. The molecule has 1 rings (SSSR count). The molecule has 0 aromatic heterocycles. The molecule has 88 valence electrons. The Morgan fingerprint density at radius 2 is 2.00 bits per heavy atom. The highest BCUT2D eigenvalue weighted by atomic mass is 16.7. The van der Waals surface area contributed by atoms with E-state index < -0.39 is 31.2 Å². The summed E-state index contributed by atoms with van der Waals surface area (Å²) in [6, 6.07) is 0. The molecule has 1 aliphatic rings. The molecule has 0 aromatic carbocycles. The molecule has 1 fully saturated rings. The molecule has 0 amide bonds. The van der Waals surface area contributed by atoms with Gasteiger partial charge < -0.3 is 29.6 Å². The standard InChI is InChI=1S/C8H15NO6/c1-13-8-7(12)5(9-14-2)6(11)4(3-10)15-8/h4,6-8,10-12H,3H2,1-2H3/b9-5-/t4?,6-,7?,8-/m1/s1. The van der Waals surface area contributed by atoms with E-state index in [0.717, 1.165) is 0 Å². The second-order valence-electron chi connectivity index (χ2n) is 3.05. The number of rotatable bonds is 3. The van der Waals surface area contributed by atoms with Gasteiger partial charge in [0, 0.05) is 7.11 Å². The van der Waals surface area contributed by atoms with Crippen LogP contribution in [0.5, 0.6) is 0 Å². The second kappa shape index (κ2) is 5.38. The van der Waals surface area contributed by atoms with Crippen molar-refractivity contribution < 1.29 is 29.6 Å². The SMILES string of the molecule is CO/N=C1\C(O)[C@H](OC)OC(CO)[C@H]1O. The van der Waals surface area contributed by atoms with Crippen LogP contribution in [0, 0.1) is 0 Å². The zero-order valence-electron chi connectivity index (χ0n) is 8.53. The lowest BCUT2D eigenvalue weighted by Gasteiger charge is -2.35. The minimum absolute atomic E-state index is 0.0188. The molecule has 0 saturated carbocycles. The third-order valence-electron chi connectivity index (χ3n) is 2.13. The van der Waals surface area contributed by atoms with Crippen LogP contribution in [0.1, 0.15) is 0 Å². The van der Waals surface area contributed by atoms with Gasteiger partial charge in [-0.3, -0.25) is 0 Å². The maximum Gasteiger partial charge on any atom is 0.189 e. The van der Waals surface area contributed by atoms with Gasteiger partial charge in [-0.05, 0) is 0 Å². The number of nitrogens with zero attached hydrogens (tertiary/aromatic N) is 1. The molecule has 0 spiro atoms. The third-order valence-corrected chi connectivity index (χ3v) is 2.13. The second-order valence-corrected chi connectivity index (χ2v) is 3.05. The number of oxime groups is 1. The van der Waals surface area contributed by atoms with Gasteiger partial charge in [-0.2, -0.15) is 0 Å². The van der Waals surface area contributed by atoms with Crippen LogP contribution in [-0.2, 0) is 14.3 Å². The molecule has 15 heavy (non-hydrogen) atoms. The van der Waals surface area contributed by atoms with E-state index in [1.54, 1.807) is 0 Å². The van der Waals surface area contributed by atoms with Crippen molar-refractivity contribution in [2.45, 2.75) is 24.6 Å². The summed E-state index contributed by atoms with van der Waals surface area (Å²) in [4.78, 5) is 4.48. The van der Waals surface area contributed by atoms with Gasteiger partial charge in [-0.25, -0.2) is 0 Å². The van der Waals surface area contributed by atoms with E-state index in [4.69, 9.17) is 14.6 Å². The monoisotopic (exact) mass is 221 g/mol. The molecule has 1 saturated heterocycles. The van der Waals surface area contributed by atoms with Gasteiger partial charge in [0.25, 0.3) is 0 Å². The zero-order valence-corrected chi connectivity index (χ0v) is 8.53. The highest BCUT2D eigenvalue weighted by molar-refractivity contribution is 5.93.